The zero-order valence-electron chi connectivity index (χ0n) is 9.34. The number of H-pyrrole nitrogens is 1. The molecule has 1 aromatic rings. The largest absolute Gasteiger partial charge is 0.342 e. The van der Waals surface area contributed by atoms with Gasteiger partial charge in [0.1, 0.15) is 4.64 Å². The van der Waals surface area contributed by atoms with E-state index < -0.39 is 0 Å². The molecule has 0 saturated carbocycles. The zero-order chi connectivity index (χ0) is 10.8. The molecule has 0 spiro atoms. The molecular formula is C11H17N3S. The van der Waals surface area contributed by atoms with Crippen molar-refractivity contribution in [2.45, 2.75) is 33.1 Å². The molecule has 1 saturated heterocycles. The van der Waals surface area contributed by atoms with Crippen LogP contribution in [0.1, 0.15) is 30.5 Å². The lowest BCUT2D eigenvalue weighted by Gasteiger charge is -2.27. The van der Waals surface area contributed by atoms with Gasteiger partial charge in [0.15, 0.2) is 0 Å². The van der Waals surface area contributed by atoms with Crippen LogP contribution >= 0.6 is 12.2 Å². The Morgan fingerprint density at radius 1 is 1.20 bits per heavy atom. The molecule has 0 aromatic carbocycles. The van der Waals surface area contributed by atoms with Gasteiger partial charge in [-0.15, -0.1) is 0 Å². The second-order valence-corrected chi connectivity index (χ2v) is 4.55. The van der Waals surface area contributed by atoms with E-state index in [1.807, 2.05) is 6.92 Å². The first-order chi connectivity index (χ1) is 7.18. The molecule has 1 aromatic heterocycles. The first-order valence-electron chi connectivity index (χ1n) is 5.51. The first-order valence-corrected chi connectivity index (χ1v) is 5.92. The summed E-state index contributed by atoms with van der Waals surface area (Å²) in [6.07, 6.45) is 3.85. The summed E-state index contributed by atoms with van der Waals surface area (Å²) in [5.74, 6) is 0.947. The number of aromatic nitrogens is 2. The molecule has 2 heterocycles. The van der Waals surface area contributed by atoms with Crippen molar-refractivity contribution in [1.82, 2.24) is 9.97 Å². The highest BCUT2D eigenvalue weighted by Crippen LogP contribution is 2.17. The minimum Gasteiger partial charge on any atom is -0.342 e. The van der Waals surface area contributed by atoms with Crippen LogP contribution < -0.4 is 4.90 Å². The standard InChI is InChI=1S/C11H17N3S/c1-8-9(2)12-11(13-10(8)15)14-6-4-3-5-7-14/h3-7H2,1-2H3,(H,12,13,15). The quantitative estimate of drug-likeness (QED) is 0.743. The Hall–Kier alpha value is -0.900. The Balaban J connectivity index is 2.32. The number of aryl methyl sites for hydroxylation is 1. The lowest BCUT2D eigenvalue weighted by molar-refractivity contribution is 0.567. The van der Waals surface area contributed by atoms with Gasteiger partial charge in [0, 0.05) is 24.3 Å². The molecule has 3 nitrogen and oxygen atoms in total. The summed E-state index contributed by atoms with van der Waals surface area (Å²) in [5, 5.41) is 0. The third kappa shape index (κ3) is 2.20. The maximum atomic E-state index is 5.24. The molecule has 82 valence electrons. The molecule has 0 radical (unpaired) electrons. The Morgan fingerprint density at radius 3 is 2.47 bits per heavy atom. The predicted molar refractivity (Wildman–Crippen MR) is 65.0 cm³/mol. The van der Waals surface area contributed by atoms with E-state index in [0.717, 1.165) is 34.9 Å². The molecule has 4 heteroatoms. The molecule has 0 amide bonds. The number of anilines is 1. The Kier molecular flexibility index (Phi) is 3.05. The van der Waals surface area contributed by atoms with Gasteiger partial charge in [-0.05, 0) is 33.1 Å². The summed E-state index contributed by atoms with van der Waals surface area (Å²) in [6, 6.07) is 0. The van der Waals surface area contributed by atoms with E-state index in [2.05, 4.69) is 21.8 Å². The van der Waals surface area contributed by atoms with Crippen LogP contribution in [0.15, 0.2) is 0 Å². The summed E-state index contributed by atoms with van der Waals surface area (Å²) in [7, 11) is 0. The number of hydrogen-bond donors (Lipinski definition) is 1. The fourth-order valence-electron chi connectivity index (χ4n) is 1.89. The van der Waals surface area contributed by atoms with Crippen molar-refractivity contribution in [2.24, 2.45) is 0 Å². The SMILES string of the molecule is Cc1[nH]c(N2CCCCC2)nc(=S)c1C. The van der Waals surface area contributed by atoms with E-state index in [1.54, 1.807) is 0 Å². The average molecular weight is 223 g/mol. The van der Waals surface area contributed by atoms with Crippen molar-refractivity contribution in [2.75, 3.05) is 18.0 Å². The summed E-state index contributed by atoms with van der Waals surface area (Å²) < 4.78 is 0.729. The topological polar surface area (TPSA) is 31.9 Å². The Labute approximate surface area is 95.5 Å². The monoisotopic (exact) mass is 223 g/mol. The molecule has 2 rings (SSSR count). The van der Waals surface area contributed by atoms with E-state index in [4.69, 9.17) is 12.2 Å². The normalized spacial score (nSPS) is 16.8. The molecule has 15 heavy (non-hydrogen) atoms. The van der Waals surface area contributed by atoms with Gasteiger partial charge in [-0.1, -0.05) is 12.2 Å². The molecule has 1 aliphatic rings. The fourth-order valence-corrected chi connectivity index (χ4v) is 2.12. The van der Waals surface area contributed by atoms with Crippen LogP contribution in [0.25, 0.3) is 0 Å². The van der Waals surface area contributed by atoms with Crippen molar-refractivity contribution in [1.29, 1.82) is 0 Å². The number of piperidine rings is 1. The molecule has 1 fully saturated rings. The zero-order valence-corrected chi connectivity index (χ0v) is 10.2. The first kappa shape index (κ1) is 10.6. The maximum absolute atomic E-state index is 5.24. The van der Waals surface area contributed by atoms with Crippen molar-refractivity contribution in [3.8, 4) is 0 Å². The van der Waals surface area contributed by atoms with Crippen LogP contribution in [0.3, 0.4) is 0 Å². The summed E-state index contributed by atoms with van der Waals surface area (Å²) in [5.41, 5.74) is 2.22. The fraction of sp³-hybridized carbons (Fsp3) is 0.636. The molecule has 0 aliphatic carbocycles. The van der Waals surface area contributed by atoms with Crippen LogP contribution in [0.4, 0.5) is 5.95 Å². The van der Waals surface area contributed by atoms with Gasteiger partial charge in [0.05, 0.1) is 0 Å². The van der Waals surface area contributed by atoms with Gasteiger partial charge in [-0.2, -0.15) is 0 Å². The second kappa shape index (κ2) is 4.31. The van der Waals surface area contributed by atoms with Gasteiger partial charge in [0.2, 0.25) is 5.95 Å². The van der Waals surface area contributed by atoms with Crippen molar-refractivity contribution in [3.05, 3.63) is 15.9 Å². The lowest BCUT2D eigenvalue weighted by Crippen LogP contribution is -2.31. The highest BCUT2D eigenvalue weighted by atomic mass is 32.1. The van der Waals surface area contributed by atoms with Gasteiger partial charge in [-0.25, -0.2) is 4.98 Å². The van der Waals surface area contributed by atoms with Gasteiger partial charge >= 0.3 is 0 Å². The van der Waals surface area contributed by atoms with Crippen LogP contribution in [0.5, 0.6) is 0 Å². The summed E-state index contributed by atoms with van der Waals surface area (Å²) >= 11 is 5.24. The van der Waals surface area contributed by atoms with E-state index in [1.165, 1.54) is 19.3 Å². The maximum Gasteiger partial charge on any atom is 0.204 e. The molecular weight excluding hydrogens is 206 g/mol. The van der Waals surface area contributed by atoms with Crippen molar-refractivity contribution >= 4 is 18.2 Å². The average Bonchev–Trinajstić information content (AvgIpc) is 2.26. The molecule has 0 bridgehead atoms. The minimum absolute atomic E-state index is 0.729. The third-order valence-electron chi connectivity index (χ3n) is 3.05. The molecule has 1 aliphatic heterocycles. The van der Waals surface area contributed by atoms with Gasteiger partial charge in [0.25, 0.3) is 0 Å². The number of rotatable bonds is 1. The van der Waals surface area contributed by atoms with E-state index in [9.17, 15) is 0 Å². The smallest absolute Gasteiger partial charge is 0.204 e. The lowest BCUT2D eigenvalue weighted by atomic mass is 10.1. The highest BCUT2D eigenvalue weighted by molar-refractivity contribution is 7.71. The van der Waals surface area contributed by atoms with E-state index >= 15 is 0 Å². The predicted octanol–water partition coefficient (Wildman–Crippen LogP) is 2.75. The third-order valence-corrected chi connectivity index (χ3v) is 3.44. The second-order valence-electron chi connectivity index (χ2n) is 4.16. The van der Waals surface area contributed by atoms with Crippen LogP contribution in [0.2, 0.25) is 0 Å². The Bertz CT molecular complexity index is 405. The van der Waals surface area contributed by atoms with Crippen molar-refractivity contribution in [3.63, 3.8) is 0 Å². The molecule has 0 unspecified atom stereocenters. The number of aromatic amines is 1. The van der Waals surface area contributed by atoms with Crippen molar-refractivity contribution < 1.29 is 0 Å². The van der Waals surface area contributed by atoms with Crippen LogP contribution in [-0.2, 0) is 0 Å². The minimum atomic E-state index is 0.729. The van der Waals surface area contributed by atoms with Gasteiger partial charge < -0.3 is 9.88 Å². The number of nitrogens with one attached hydrogen (secondary N) is 1. The van der Waals surface area contributed by atoms with Crippen LogP contribution in [-0.4, -0.2) is 23.1 Å². The van der Waals surface area contributed by atoms with Gasteiger partial charge in [-0.3, -0.25) is 0 Å². The van der Waals surface area contributed by atoms with Crippen LogP contribution in [0, 0.1) is 18.5 Å². The number of nitrogens with zero attached hydrogens (tertiary/aromatic N) is 2. The summed E-state index contributed by atoms with van der Waals surface area (Å²) in [4.78, 5) is 10.1. The Morgan fingerprint density at radius 2 is 1.87 bits per heavy atom. The van der Waals surface area contributed by atoms with E-state index in [-0.39, 0.29) is 0 Å². The molecule has 0 atom stereocenters. The molecule has 1 N–H and O–H groups in total. The highest BCUT2D eigenvalue weighted by Gasteiger charge is 2.13. The number of hydrogen-bond acceptors (Lipinski definition) is 3. The van der Waals surface area contributed by atoms with E-state index in [0.29, 0.717) is 0 Å². The summed E-state index contributed by atoms with van der Waals surface area (Å²) in [6.45, 7) is 6.27.